The Kier molecular flexibility index (Phi) is 9.25. The standard InChI is InChI=1S/C21H32N2/c1-2-5-9-13-17-20(16-12-8-4-1)22-23-21-18-14-10-6-3-7-11-15-19-21/h3,6-7,10-11,14-15,18-20,22-23H,1-2,4-5,8-9,12-13,16-17H2. The molecule has 0 atom stereocenters. The fourth-order valence-electron chi connectivity index (χ4n) is 3.09. The molecule has 1 fully saturated rings. The van der Waals surface area contributed by atoms with Gasteiger partial charge < -0.3 is 5.43 Å². The first kappa shape index (κ1) is 17.8. The van der Waals surface area contributed by atoms with E-state index in [1.54, 1.807) is 0 Å². The van der Waals surface area contributed by atoms with Gasteiger partial charge in [0.2, 0.25) is 0 Å². The van der Waals surface area contributed by atoms with Crippen molar-refractivity contribution >= 4 is 5.69 Å². The van der Waals surface area contributed by atoms with Crippen molar-refractivity contribution in [3.8, 4) is 0 Å². The lowest BCUT2D eigenvalue weighted by molar-refractivity contribution is 0.448. The van der Waals surface area contributed by atoms with Gasteiger partial charge in [-0.05, 0) is 25.0 Å². The lowest BCUT2D eigenvalue weighted by Gasteiger charge is -2.19. The fraction of sp³-hybridized carbons (Fsp3) is 0.524. The largest absolute Gasteiger partial charge is 0.321 e. The lowest BCUT2D eigenvalue weighted by atomic mass is 10.0. The topological polar surface area (TPSA) is 24.1 Å². The van der Waals surface area contributed by atoms with Crippen LogP contribution in [0, 0.1) is 0 Å². The molecule has 2 heteroatoms. The van der Waals surface area contributed by atoms with Gasteiger partial charge in [0, 0.05) is 11.7 Å². The average molecular weight is 313 g/mol. The fourth-order valence-corrected chi connectivity index (χ4v) is 3.09. The van der Waals surface area contributed by atoms with E-state index >= 15 is 0 Å². The van der Waals surface area contributed by atoms with Crippen molar-refractivity contribution < 1.29 is 0 Å². The zero-order valence-corrected chi connectivity index (χ0v) is 14.3. The highest BCUT2D eigenvalue weighted by atomic mass is 15.4. The Labute approximate surface area is 142 Å². The van der Waals surface area contributed by atoms with Crippen molar-refractivity contribution in [1.29, 1.82) is 0 Å². The van der Waals surface area contributed by atoms with Gasteiger partial charge in [-0.15, -0.1) is 0 Å². The second kappa shape index (κ2) is 12.0. The number of anilines is 1. The van der Waals surface area contributed by atoms with E-state index in [0.29, 0.717) is 6.04 Å². The molecule has 1 aromatic rings. The molecule has 0 bridgehead atoms. The van der Waals surface area contributed by atoms with Gasteiger partial charge in [0.25, 0.3) is 0 Å². The van der Waals surface area contributed by atoms with Gasteiger partial charge in [0.05, 0.1) is 0 Å². The molecule has 0 aromatic heterocycles. The van der Waals surface area contributed by atoms with E-state index in [1.165, 1.54) is 64.2 Å². The van der Waals surface area contributed by atoms with Crippen molar-refractivity contribution in [1.82, 2.24) is 5.43 Å². The van der Waals surface area contributed by atoms with E-state index in [1.807, 2.05) is 18.2 Å². The molecule has 1 aliphatic rings. The maximum absolute atomic E-state index is 3.57. The molecule has 0 radical (unpaired) electrons. The molecule has 2 rings (SSSR count). The highest BCUT2D eigenvalue weighted by Crippen LogP contribution is 2.17. The molecule has 1 saturated carbocycles. The third-order valence-electron chi connectivity index (χ3n) is 4.49. The first-order valence-electron chi connectivity index (χ1n) is 9.35. The van der Waals surface area contributed by atoms with Gasteiger partial charge in [0.1, 0.15) is 0 Å². The summed E-state index contributed by atoms with van der Waals surface area (Å²) in [6, 6.07) is 19.2. The predicted molar refractivity (Wildman–Crippen MR) is 101 cm³/mol. The van der Waals surface area contributed by atoms with Crippen LogP contribution < -0.4 is 10.9 Å². The number of hydrogen-bond donors (Lipinski definition) is 2. The first-order valence-corrected chi connectivity index (χ1v) is 9.35. The highest BCUT2D eigenvalue weighted by Gasteiger charge is 2.08. The molecule has 0 amide bonds. The maximum atomic E-state index is 3.57. The molecule has 2 nitrogen and oxygen atoms in total. The first-order chi connectivity index (χ1) is 11.4. The minimum atomic E-state index is 0.581. The van der Waals surface area contributed by atoms with Crippen LogP contribution in [0.5, 0.6) is 0 Å². The molecular formula is C21H32N2. The average Bonchev–Trinajstić information content (AvgIpc) is 2.64. The lowest BCUT2D eigenvalue weighted by Crippen LogP contribution is -2.34. The Morgan fingerprint density at radius 2 is 1.00 bits per heavy atom. The molecule has 0 heterocycles. The number of rotatable bonds is 3. The quantitative estimate of drug-likeness (QED) is 0.668. The van der Waals surface area contributed by atoms with Gasteiger partial charge >= 0.3 is 0 Å². The normalized spacial score (nSPS) is 17.6. The smallest absolute Gasteiger partial charge is 0.0487 e. The van der Waals surface area contributed by atoms with E-state index in [4.69, 9.17) is 0 Å². The third kappa shape index (κ3) is 8.61. The summed E-state index contributed by atoms with van der Waals surface area (Å²) in [5.74, 6) is 0. The third-order valence-corrected chi connectivity index (χ3v) is 4.49. The van der Waals surface area contributed by atoms with Crippen molar-refractivity contribution in [2.24, 2.45) is 0 Å². The van der Waals surface area contributed by atoms with Crippen LogP contribution in [0.2, 0.25) is 0 Å². The van der Waals surface area contributed by atoms with E-state index in [2.05, 4.69) is 47.2 Å². The molecule has 0 unspecified atom stereocenters. The van der Waals surface area contributed by atoms with Gasteiger partial charge in [0.15, 0.2) is 0 Å². The molecule has 1 aromatic carbocycles. The summed E-state index contributed by atoms with van der Waals surface area (Å²) in [6.07, 6.45) is 13.7. The summed E-state index contributed by atoms with van der Waals surface area (Å²) >= 11 is 0. The van der Waals surface area contributed by atoms with Crippen molar-refractivity contribution in [3.63, 3.8) is 0 Å². The van der Waals surface area contributed by atoms with Crippen molar-refractivity contribution in [2.75, 3.05) is 5.43 Å². The predicted octanol–water partition coefficient (Wildman–Crippen LogP) is 6.01. The second-order valence-electron chi connectivity index (χ2n) is 6.51. The minimum Gasteiger partial charge on any atom is -0.321 e. The van der Waals surface area contributed by atoms with Gasteiger partial charge in [-0.1, -0.05) is 93.8 Å². The van der Waals surface area contributed by atoms with E-state index in [-0.39, 0.29) is 0 Å². The van der Waals surface area contributed by atoms with Crippen LogP contribution in [0.3, 0.4) is 0 Å². The van der Waals surface area contributed by atoms with E-state index < -0.39 is 0 Å². The number of hydrazine groups is 1. The van der Waals surface area contributed by atoms with Crippen LogP contribution in [0.1, 0.15) is 64.2 Å². The van der Waals surface area contributed by atoms with E-state index in [9.17, 15) is 0 Å². The molecule has 0 saturated heterocycles. The molecule has 1 aliphatic carbocycles. The molecule has 2 N–H and O–H groups in total. The Bertz CT molecular complexity index is 434. The summed E-state index contributed by atoms with van der Waals surface area (Å²) in [5.41, 5.74) is 8.10. The number of hydrogen-bond acceptors (Lipinski definition) is 2. The van der Waals surface area contributed by atoms with Crippen molar-refractivity contribution in [2.45, 2.75) is 70.3 Å². The Balaban J connectivity index is 1.89. The monoisotopic (exact) mass is 312 g/mol. The van der Waals surface area contributed by atoms with Gasteiger partial charge in [-0.2, -0.15) is 0 Å². The van der Waals surface area contributed by atoms with E-state index in [0.717, 1.165) is 5.69 Å². The van der Waals surface area contributed by atoms with Crippen LogP contribution in [-0.2, 0) is 0 Å². The summed E-state index contributed by atoms with van der Waals surface area (Å²) in [5, 5.41) is 0. The minimum absolute atomic E-state index is 0.581. The molecule has 0 spiro atoms. The SMILES string of the molecule is c1ccccc(NNC2CCCCCCCCCC2)cccc1. The Morgan fingerprint density at radius 1 is 0.565 bits per heavy atom. The highest BCUT2D eigenvalue weighted by molar-refractivity contribution is 5.39. The molecular weight excluding hydrogens is 280 g/mol. The van der Waals surface area contributed by atoms with Crippen LogP contribution in [0.25, 0.3) is 0 Å². The summed E-state index contributed by atoms with van der Waals surface area (Å²) in [6.45, 7) is 0. The zero-order valence-electron chi connectivity index (χ0n) is 14.3. The summed E-state index contributed by atoms with van der Waals surface area (Å²) < 4.78 is 0. The van der Waals surface area contributed by atoms with Crippen LogP contribution in [0.15, 0.2) is 54.6 Å². The molecule has 126 valence electrons. The van der Waals surface area contributed by atoms with Crippen LogP contribution >= 0.6 is 0 Å². The van der Waals surface area contributed by atoms with Gasteiger partial charge in [-0.25, -0.2) is 5.43 Å². The van der Waals surface area contributed by atoms with Crippen LogP contribution in [-0.4, -0.2) is 6.04 Å². The van der Waals surface area contributed by atoms with Crippen LogP contribution in [0.4, 0.5) is 5.69 Å². The molecule has 23 heavy (non-hydrogen) atoms. The zero-order chi connectivity index (χ0) is 16.0. The molecule has 0 aliphatic heterocycles. The summed E-state index contributed by atoms with van der Waals surface area (Å²) in [7, 11) is 0. The van der Waals surface area contributed by atoms with Crippen molar-refractivity contribution in [3.05, 3.63) is 54.6 Å². The maximum Gasteiger partial charge on any atom is 0.0487 e. The van der Waals surface area contributed by atoms with Gasteiger partial charge in [-0.3, -0.25) is 0 Å². The number of nitrogens with one attached hydrogen (secondary N) is 2. The Morgan fingerprint density at radius 3 is 1.52 bits per heavy atom. The summed E-state index contributed by atoms with van der Waals surface area (Å²) in [4.78, 5) is 0. The second-order valence-corrected chi connectivity index (χ2v) is 6.51. The Hall–Kier alpha value is -1.54.